The van der Waals surface area contributed by atoms with Gasteiger partial charge in [0.05, 0.1) is 4.92 Å². The van der Waals surface area contributed by atoms with E-state index in [1.54, 1.807) is 0 Å². The molecule has 108 valence electrons. The van der Waals surface area contributed by atoms with Gasteiger partial charge in [0.1, 0.15) is 4.21 Å². The second-order valence-electron chi connectivity index (χ2n) is 3.43. The lowest BCUT2D eigenvalue weighted by Gasteiger charge is -2.03. The lowest BCUT2D eigenvalue weighted by atomic mass is 10.5. The van der Waals surface area contributed by atoms with Crippen molar-refractivity contribution < 1.29 is 18.1 Å². The molecule has 1 aromatic rings. The van der Waals surface area contributed by atoms with E-state index in [1.165, 1.54) is 7.11 Å². The van der Waals surface area contributed by atoms with Gasteiger partial charge in [0.15, 0.2) is 5.00 Å². The third-order valence-corrected chi connectivity index (χ3v) is 5.09. The molecular formula is C8H14N4O5S2. The quantitative estimate of drug-likeness (QED) is 0.271. The van der Waals surface area contributed by atoms with Crippen molar-refractivity contribution in [3.8, 4) is 0 Å². The summed E-state index contributed by atoms with van der Waals surface area (Å²) in [6.45, 7) is 0.607. The number of hydrazine groups is 1. The molecule has 0 spiro atoms. The molecule has 0 aliphatic rings. The van der Waals surface area contributed by atoms with E-state index in [4.69, 9.17) is 10.6 Å². The molecule has 0 fully saturated rings. The molecule has 0 radical (unpaired) electrons. The number of methoxy groups -OCH3 is 1. The van der Waals surface area contributed by atoms with E-state index in [9.17, 15) is 18.5 Å². The summed E-state index contributed by atoms with van der Waals surface area (Å²) in [6, 6.07) is 0.971. The van der Waals surface area contributed by atoms with Crippen molar-refractivity contribution in [2.24, 2.45) is 5.84 Å². The molecule has 0 aliphatic heterocycles. The Labute approximate surface area is 113 Å². The van der Waals surface area contributed by atoms with Crippen molar-refractivity contribution in [1.29, 1.82) is 0 Å². The summed E-state index contributed by atoms with van der Waals surface area (Å²) in [4.78, 5) is 10.0. The average Bonchev–Trinajstić information content (AvgIpc) is 2.79. The van der Waals surface area contributed by atoms with Crippen LogP contribution < -0.4 is 16.0 Å². The summed E-state index contributed by atoms with van der Waals surface area (Å²) in [5.74, 6) is 5.11. The monoisotopic (exact) mass is 310 g/mol. The van der Waals surface area contributed by atoms with Crippen LogP contribution in [0, 0.1) is 10.1 Å². The lowest BCUT2D eigenvalue weighted by molar-refractivity contribution is -0.383. The molecule has 11 heteroatoms. The minimum Gasteiger partial charge on any atom is -0.385 e. The predicted molar refractivity (Wildman–Crippen MR) is 70.5 cm³/mol. The highest BCUT2D eigenvalue weighted by Crippen LogP contribution is 2.36. The summed E-state index contributed by atoms with van der Waals surface area (Å²) in [5, 5.41) is 10.7. The van der Waals surface area contributed by atoms with E-state index in [0.717, 1.165) is 6.07 Å². The Morgan fingerprint density at radius 1 is 1.58 bits per heavy atom. The van der Waals surface area contributed by atoms with Crippen LogP contribution >= 0.6 is 11.3 Å². The Kier molecular flexibility index (Phi) is 5.62. The van der Waals surface area contributed by atoms with E-state index < -0.39 is 14.9 Å². The van der Waals surface area contributed by atoms with E-state index in [0.29, 0.717) is 24.4 Å². The first-order chi connectivity index (χ1) is 8.92. The van der Waals surface area contributed by atoms with Crippen LogP contribution in [0.25, 0.3) is 0 Å². The van der Waals surface area contributed by atoms with Crippen LogP contribution in [-0.4, -0.2) is 33.6 Å². The molecule has 0 aromatic carbocycles. The predicted octanol–water partition coefficient (Wildman–Crippen LogP) is 0.257. The number of rotatable bonds is 8. The summed E-state index contributed by atoms with van der Waals surface area (Å²) >= 11 is 0.699. The number of nitrogen functional groups attached to an aromatic ring is 1. The fourth-order valence-electron chi connectivity index (χ4n) is 1.23. The standard InChI is InChI=1S/C8H14N4O5S2/c1-17-4-2-3-10-19(15,16)7-5-6(12(13)14)8(11-9)18-7/h5,10-11H,2-4,9H2,1H3. The molecule has 0 amide bonds. The van der Waals surface area contributed by atoms with Gasteiger partial charge in [0, 0.05) is 26.3 Å². The maximum atomic E-state index is 11.9. The summed E-state index contributed by atoms with van der Waals surface area (Å²) in [6.07, 6.45) is 0.505. The fourth-order valence-corrected chi connectivity index (χ4v) is 3.58. The van der Waals surface area contributed by atoms with Gasteiger partial charge in [0.2, 0.25) is 10.0 Å². The Morgan fingerprint density at radius 3 is 2.74 bits per heavy atom. The average molecular weight is 310 g/mol. The van der Waals surface area contributed by atoms with Gasteiger partial charge in [-0.3, -0.25) is 10.1 Å². The van der Waals surface area contributed by atoms with Crippen molar-refractivity contribution >= 4 is 32.0 Å². The Balaban J connectivity index is 2.86. The van der Waals surface area contributed by atoms with Crippen LogP contribution in [0.2, 0.25) is 0 Å². The van der Waals surface area contributed by atoms with Gasteiger partial charge in [-0.05, 0) is 6.42 Å². The largest absolute Gasteiger partial charge is 0.385 e. The Bertz CT molecular complexity index is 541. The maximum absolute atomic E-state index is 11.9. The number of hydrogen-bond donors (Lipinski definition) is 3. The van der Waals surface area contributed by atoms with Crippen molar-refractivity contribution in [2.75, 3.05) is 25.7 Å². The minimum atomic E-state index is -3.77. The van der Waals surface area contributed by atoms with Gasteiger partial charge < -0.3 is 10.2 Å². The fraction of sp³-hybridized carbons (Fsp3) is 0.500. The topological polar surface area (TPSA) is 137 Å². The first kappa shape index (κ1) is 15.8. The molecule has 1 heterocycles. The van der Waals surface area contributed by atoms with Crippen LogP contribution in [0.4, 0.5) is 10.7 Å². The van der Waals surface area contributed by atoms with Gasteiger partial charge in [-0.15, -0.1) is 0 Å². The van der Waals surface area contributed by atoms with Gasteiger partial charge in [-0.2, -0.15) is 0 Å². The van der Waals surface area contributed by atoms with Gasteiger partial charge in [-0.25, -0.2) is 19.0 Å². The van der Waals surface area contributed by atoms with Gasteiger partial charge in [0.25, 0.3) is 0 Å². The zero-order valence-corrected chi connectivity index (χ0v) is 11.7. The Hall–Kier alpha value is -1.27. The molecule has 9 nitrogen and oxygen atoms in total. The summed E-state index contributed by atoms with van der Waals surface area (Å²) in [7, 11) is -2.26. The van der Waals surface area contributed by atoms with Crippen molar-refractivity contribution in [2.45, 2.75) is 10.6 Å². The third-order valence-electron chi connectivity index (χ3n) is 2.10. The molecule has 0 saturated heterocycles. The first-order valence-corrected chi connectivity index (χ1v) is 7.45. The molecule has 0 bridgehead atoms. The highest BCUT2D eigenvalue weighted by Gasteiger charge is 2.25. The van der Waals surface area contributed by atoms with Crippen LogP contribution in [0.5, 0.6) is 0 Å². The highest BCUT2D eigenvalue weighted by molar-refractivity contribution is 7.91. The van der Waals surface area contributed by atoms with Gasteiger partial charge in [-0.1, -0.05) is 11.3 Å². The van der Waals surface area contributed by atoms with Crippen molar-refractivity contribution in [3.05, 3.63) is 16.2 Å². The first-order valence-electron chi connectivity index (χ1n) is 5.16. The summed E-state index contributed by atoms with van der Waals surface area (Å²) < 4.78 is 30.7. The minimum absolute atomic E-state index is 0.0118. The zero-order chi connectivity index (χ0) is 14.5. The zero-order valence-electron chi connectivity index (χ0n) is 10.1. The number of thiophene rings is 1. The maximum Gasteiger partial charge on any atom is 0.306 e. The van der Waals surface area contributed by atoms with Crippen molar-refractivity contribution in [1.82, 2.24) is 4.72 Å². The second-order valence-corrected chi connectivity index (χ2v) is 6.47. The number of sulfonamides is 1. The van der Waals surface area contributed by atoms with Crippen LogP contribution in [-0.2, 0) is 14.8 Å². The number of hydrogen-bond acceptors (Lipinski definition) is 8. The van der Waals surface area contributed by atoms with E-state index in [1.807, 2.05) is 0 Å². The number of ether oxygens (including phenoxy) is 1. The van der Waals surface area contributed by atoms with E-state index in [2.05, 4.69) is 10.1 Å². The van der Waals surface area contributed by atoms with Crippen LogP contribution in [0.3, 0.4) is 0 Å². The number of nitro groups is 1. The van der Waals surface area contributed by atoms with Crippen LogP contribution in [0.1, 0.15) is 6.42 Å². The molecule has 4 N–H and O–H groups in total. The lowest BCUT2D eigenvalue weighted by Crippen LogP contribution is -2.24. The molecule has 0 unspecified atom stereocenters. The third kappa shape index (κ3) is 4.11. The number of nitrogens with one attached hydrogen (secondary N) is 2. The van der Waals surface area contributed by atoms with E-state index in [-0.39, 0.29) is 21.4 Å². The smallest absolute Gasteiger partial charge is 0.306 e. The molecule has 1 rings (SSSR count). The normalized spacial score (nSPS) is 11.5. The number of nitrogens with two attached hydrogens (primary N) is 1. The summed E-state index contributed by atoms with van der Waals surface area (Å²) in [5.41, 5.74) is 1.74. The molecule has 19 heavy (non-hydrogen) atoms. The second kappa shape index (κ2) is 6.77. The van der Waals surface area contributed by atoms with Crippen molar-refractivity contribution in [3.63, 3.8) is 0 Å². The molecule has 1 aromatic heterocycles. The van der Waals surface area contributed by atoms with Crippen LogP contribution in [0.15, 0.2) is 10.3 Å². The Morgan fingerprint density at radius 2 is 2.26 bits per heavy atom. The molecule has 0 aliphatic carbocycles. The molecule has 0 saturated carbocycles. The molecule has 0 atom stereocenters. The SMILES string of the molecule is COCCCNS(=O)(=O)c1cc([N+](=O)[O-])c(NN)s1. The molecular weight excluding hydrogens is 296 g/mol. The van der Waals surface area contributed by atoms with Gasteiger partial charge >= 0.3 is 5.69 Å². The highest BCUT2D eigenvalue weighted by atomic mass is 32.2. The van der Waals surface area contributed by atoms with E-state index >= 15 is 0 Å². The number of anilines is 1. The number of nitrogens with zero attached hydrogens (tertiary/aromatic N) is 1.